The Labute approximate surface area is 189 Å². The van der Waals surface area contributed by atoms with E-state index in [1.165, 1.54) is 28.5 Å². The van der Waals surface area contributed by atoms with Crippen LogP contribution in [0.15, 0.2) is 67.1 Å². The van der Waals surface area contributed by atoms with Crippen LogP contribution < -0.4 is 10.6 Å². The smallest absolute Gasteiger partial charge is 0.103 e. The number of H-pyrrole nitrogens is 1. The maximum absolute atomic E-state index is 9.79. The van der Waals surface area contributed by atoms with E-state index in [9.17, 15) is 5.26 Å². The lowest BCUT2D eigenvalue weighted by molar-refractivity contribution is 0.688. The molecule has 6 rings (SSSR count). The van der Waals surface area contributed by atoms with Crippen LogP contribution in [0.1, 0.15) is 24.0 Å². The molecule has 0 aliphatic heterocycles. The van der Waals surface area contributed by atoms with E-state index in [1.54, 1.807) is 17.5 Å². The summed E-state index contributed by atoms with van der Waals surface area (Å²) >= 11 is 1.73. The van der Waals surface area contributed by atoms with E-state index in [2.05, 4.69) is 50.9 Å². The molecule has 0 spiro atoms. The predicted octanol–water partition coefficient (Wildman–Crippen LogP) is 6.31. The Morgan fingerprint density at radius 3 is 2.94 bits per heavy atom. The van der Waals surface area contributed by atoms with Gasteiger partial charge in [0, 0.05) is 62.9 Å². The van der Waals surface area contributed by atoms with Gasteiger partial charge in [-0.15, -0.1) is 11.3 Å². The van der Waals surface area contributed by atoms with E-state index in [0.717, 1.165) is 39.3 Å². The zero-order valence-electron chi connectivity index (χ0n) is 17.4. The third-order valence-electron chi connectivity index (χ3n) is 5.94. The number of fused-ring (bicyclic) bond motifs is 2. The molecule has 5 nitrogen and oxygen atoms in total. The first-order valence-corrected chi connectivity index (χ1v) is 11.6. The summed E-state index contributed by atoms with van der Waals surface area (Å²) in [6, 6.07) is 20.0. The molecule has 2 aromatic carbocycles. The summed E-state index contributed by atoms with van der Waals surface area (Å²) in [5.41, 5.74) is 5.58. The monoisotopic (exact) mass is 435 g/mol. The van der Waals surface area contributed by atoms with E-state index >= 15 is 0 Å². The van der Waals surface area contributed by atoms with Crippen molar-refractivity contribution in [3.8, 4) is 16.5 Å². The Bertz CT molecular complexity index is 1490. The molecule has 32 heavy (non-hydrogen) atoms. The molecule has 3 heterocycles. The van der Waals surface area contributed by atoms with Gasteiger partial charge in [0.25, 0.3) is 0 Å². The molecule has 1 aliphatic rings. The van der Waals surface area contributed by atoms with Gasteiger partial charge in [-0.05, 0) is 60.2 Å². The quantitative estimate of drug-likeness (QED) is 0.292. The van der Waals surface area contributed by atoms with Crippen LogP contribution in [0.2, 0.25) is 0 Å². The van der Waals surface area contributed by atoms with Crippen LogP contribution in [0.25, 0.3) is 31.4 Å². The standard InChI is InChI=1S/C26H21N5S/c27-12-18-14-28-15-21(26(18)31-23-3-1-2-22-20(23)8-9-29-22)25-11-17-10-16(4-7-24(17)32-25)13-30-19-5-6-19/h1-4,7-11,14-15,19,29-30H,5-6,13H2,(H,28,31). The SMILES string of the molecule is N#Cc1cncc(-c2cc3cc(CNC4CC4)ccc3s2)c1Nc1cccc2[nH]ccc12. The number of pyridine rings is 1. The number of benzene rings is 2. The molecule has 1 fully saturated rings. The number of hydrogen-bond donors (Lipinski definition) is 3. The third-order valence-corrected chi connectivity index (χ3v) is 7.09. The van der Waals surface area contributed by atoms with Gasteiger partial charge in [0.1, 0.15) is 6.07 Å². The van der Waals surface area contributed by atoms with Gasteiger partial charge in [0.05, 0.1) is 11.3 Å². The number of hydrogen-bond acceptors (Lipinski definition) is 5. The highest BCUT2D eigenvalue weighted by atomic mass is 32.1. The largest absolute Gasteiger partial charge is 0.361 e. The minimum atomic E-state index is 0.529. The number of anilines is 2. The Morgan fingerprint density at radius 2 is 2.06 bits per heavy atom. The highest BCUT2D eigenvalue weighted by Gasteiger charge is 2.20. The van der Waals surface area contributed by atoms with Crippen LogP contribution in [0.5, 0.6) is 0 Å². The second-order valence-corrected chi connectivity index (χ2v) is 9.31. The Morgan fingerprint density at radius 1 is 1.12 bits per heavy atom. The highest BCUT2D eigenvalue weighted by Crippen LogP contribution is 2.40. The third kappa shape index (κ3) is 3.52. The number of aromatic amines is 1. The number of nitrogens with one attached hydrogen (secondary N) is 3. The van der Waals surface area contributed by atoms with Crippen molar-refractivity contribution >= 4 is 43.7 Å². The lowest BCUT2D eigenvalue weighted by Gasteiger charge is -2.13. The minimum absolute atomic E-state index is 0.529. The van der Waals surface area contributed by atoms with Crippen LogP contribution in [0, 0.1) is 11.3 Å². The summed E-state index contributed by atoms with van der Waals surface area (Å²) in [7, 11) is 0. The number of aromatic nitrogens is 2. The molecule has 3 N–H and O–H groups in total. The van der Waals surface area contributed by atoms with Gasteiger partial charge >= 0.3 is 0 Å². The van der Waals surface area contributed by atoms with Crippen LogP contribution in [-0.2, 0) is 6.54 Å². The van der Waals surface area contributed by atoms with Crippen molar-refractivity contribution in [3.63, 3.8) is 0 Å². The molecule has 1 saturated carbocycles. The molecular formula is C26H21N5S. The van der Waals surface area contributed by atoms with Crippen molar-refractivity contribution < 1.29 is 0 Å². The predicted molar refractivity (Wildman–Crippen MR) is 131 cm³/mol. The zero-order valence-corrected chi connectivity index (χ0v) is 18.2. The van der Waals surface area contributed by atoms with Crippen LogP contribution in [-0.4, -0.2) is 16.0 Å². The van der Waals surface area contributed by atoms with Crippen molar-refractivity contribution in [2.75, 3.05) is 5.32 Å². The van der Waals surface area contributed by atoms with Gasteiger partial charge in [0.2, 0.25) is 0 Å². The summed E-state index contributed by atoms with van der Waals surface area (Å²) in [5, 5.41) is 19.2. The first kappa shape index (κ1) is 19.1. The van der Waals surface area contributed by atoms with Crippen molar-refractivity contribution in [2.45, 2.75) is 25.4 Å². The van der Waals surface area contributed by atoms with Crippen molar-refractivity contribution in [3.05, 3.63) is 78.2 Å². The van der Waals surface area contributed by atoms with E-state index < -0.39 is 0 Å². The van der Waals surface area contributed by atoms with Gasteiger partial charge in [-0.3, -0.25) is 4.98 Å². The van der Waals surface area contributed by atoms with Crippen molar-refractivity contribution in [1.29, 1.82) is 5.26 Å². The second-order valence-electron chi connectivity index (χ2n) is 8.23. The van der Waals surface area contributed by atoms with E-state index in [-0.39, 0.29) is 0 Å². The average molecular weight is 436 g/mol. The number of thiophene rings is 1. The van der Waals surface area contributed by atoms with Gasteiger partial charge in [-0.1, -0.05) is 12.1 Å². The summed E-state index contributed by atoms with van der Waals surface area (Å²) in [4.78, 5) is 8.70. The molecular weight excluding hydrogens is 414 g/mol. The van der Waals surface area contributed by atoms with Crippen LogP contribution >= 0.6 is 11.3 Å². The molecule has 0 radical (unpaired) electrons. The van der Waals surface area contributed by atoms with Crippen molar-refractivity contribution in [1.82, 2.24) is 15.3 Å². The summed E-state index contributed by atoms with van der Waals surface area (Å²) in [6.07, 6.45) is 7.98. The summed E-state index contributed by atoms with van der Waals surface area (Å²) in [5.74, 6) is 0. The molecule has 0 saturated heterocycles. The lowest BCUT2D eigenvalue weighted by Crippen LogP contribution is -2.14. The number of nitriles is 1. The normalized spacial score (nSPS) is 13.5. The van der Waals surface area contributed by atoms with Crippen molar-refractivity contribution in [2.24, 2.45) is 0 Å². The molecule has 0 atom stereocenters. The van der Waals surface area contributed by atoms with Crippen LogP contribution in [0.4, 0.5) is 11.4 Å². The van der Waals surface area contributed by atoms with Crippen LogP contribution in [0.3, 0.4) is 0 Å². The van der Waals surface area contributed by atoms with Gasteiger partial charge in [-0.2, -0.15) is 5.26 Å². The van der Waals surface area contributed by atoms with E-state index in [4.69, 9.17) is 0 Å². The molecule has 3 aromatic heterocycles. The zero-order chi connectivity index (χ0) is 21.5. The fraction of sp³-hybridized carbons (Fsp3) is 0.154. The maximum Gasteiger partial charge on any atom is 0.103 e. The molecule has 5 aromatic rings. The van der Waals surface area contributed by atoms with Gasteiger partial charge in [-0.25, -0.2) is 0 Å². The highest BCUT2D eigenvalue weighted by molar-refractivity contribution is 7.22. The minimum Gasteiger partial charge on any atom is -0.361 e. The Hall–Kier alpha value is -3.66. The molecule has 0 unspecified atom stereocenters. The number of nitrogens with zero attached hydrogens (tertiary/aromatic N) is 2. The Balaban J connectivity index is 1.41. The topological polar surface area (TPSA) is 76.5 Å². The van der Waals surface area contributed by atoms with Gasteiger partial charge in [0.15, 0.2) is 0 Å². The first-order chi connectivity index (χ1) is 15.8. The summed E-state index contributed by atoms with van der Waals surface area (Å²) in [6.45, 7) is 0.907. The fourth-order valence-electron chi connectivity index (χ4n) is 4.08. The fourth-order valence-corrected chi connectivity index (χ4v) is 5.14. The average Bonchev–Trinajstić information content (AvgIpc) is 3.35. The van der Waals surface area contributed by atoms with E-state index in [0.29, 0.717) is 11.6 Å². The summed E-state index contributed by atoms with van der Waals surface area (Å²) < 4.78 is 1.23. The van der Waals surface area contributed by atoms with Gasteiger partial charge < -0.3 is 15.6 Å². The number of rotatable bonds is 6. The Kier molecular flexibility index (Phi) is 4.64. The van der Waals surface area contributed by atoms with E-state index in [1.807, 2.05) is 36.7 Å². The molecule has 0 amide bonds. The first-order valence-electron chi connectivity index (χ1n) is 10.8. The molecule has 1 aliphatic carbocycles. The molecule has 156 valence electrons. The second kappa shape index (κ2) is 7.79. The molecule has 6 heteroatoms. The maximum atomic E-state index is 9.79. The molecule has 0 bridgehead atoms. The lowest BCUT2D eigenvalue weighted by atomic mass is 10.1.